The van der Waals surface area contributed by atoms with Crippen molar-refractivity contribution in [2.75, 3.05) is 10.6 Å². The molecule has 2 N–H and O–H groups in total. The van der Waals surface area contributed by atoms with E-state index in [0.717, 1.165) is 11.1 Å². The highest BCUT2D eigenvalue weighted by atomic mass is 16.2. The van der Waals surface area contributed by atoms with Gasteiger partial charge >= 0.3 is 0 Å². The molecule has 4 nitrogen and oxygen atoms in total. The van der Waals surface area contributed by atoms with Crippen LogP contribution in [0.3, 0.4) is 0 Å². The van der Waals surface area contributed by atoms with Crippen LogP contribution in [0.15, 0.2) is 84.9 Å². The van der Waals surface area contributed by atoms with Crippen LogP contribution in [0.1, 0.15) is 63.8 Å². The highest BCUT2D eigenvalue weighted by Gasteiger charge is 2.13. The molecule has 36 heavy (non-hydrogen) atoms. The quantitative estimate of drug-likeness (QED) is 0.357. The topological polar surface area (TPSA) is 58.2 Å². The summed E-state index contributed by atoms with van der Waals surface area (Å²) in [6.07, 6.45) is 6.58. The second-order valence-electron chi connectivity index (χ2n) is 11.0. The van der Waals surface area contributed by atoms with E-state index in [1.807, 2.05) is 24.3 Å². The van der Waals surface area contributed by atoms with E-state index < -0.39 is 0 Å². The summed E-state index contributed by atoms with van der Waals surface area (Å²) in [7, 11) is 0. The van der Waals surface area contributed by atoms with Crippen LogP contribution < -0.4 is 10.6 Å². The number of amides is 2. The Bertz CT molecular complexity index is 1160. The minimum atomic E-state index is -0.239. The van der Waals surface area contributed by atoms with Crippen molar-refractivity contribution in [2.24, 2.45) is 0 Å². The molecule has 3 aromatic carbocycles. The van der Waals surface area contributed by atoms with Crippen molar-refractivity contribution in [3.05, 3.63) is 107 Å². The summed E-state index contributed by atoms with van der Waals surface area (Å²) in [5.74, 6) is -0.478. The first-order valence-corrected chi connectivity index (χ1v) is 12.2. The maximum Gasteiger partial charge on any atom is 0.248 e. The number of anilines is 2. The fraction of sp³-hybridized carbons (Fsp3) is 0.250. The number of benzene rings is 3. The lowest BCUT2D eigenvalue weighted by molar-refractivity contribution is -0.112. The van der Waals surface area contributed by atoms with Crippen LogP contribution in [0.4, 0.5) is 11.4 Å². The SMILES string of the molecule is CC(C)(C)c1ccc(/C=C/C(=O)Nc2cccc(NC(=O)/C=C/c3ccc(C(C)(C)C)cc3)c2)cc1. The molecule has 0 atom stereocenters. The molecule has 186 valence electrons. The molecule has 3 rings (SSSR count). The van der Waals surface area contributed by atoms with Gasteiger partial charge in [0.05, 0.1) is 0 Å². The van der Waals surface area contributed by atoms with E-state index >= 15 is 0 Å². The Balaban J connectivity index is 1.56. The van der Waals surface area contributed by atoms with E-state index in [1.54, 1.807) is 36.4 Å². The van der Waals surface area contributed by atoms with Gasteiger partial charge in [-0.1, -0.05) is 96.1 Å². The molecule has 0 heterocycles. The largest absolute Gasteiger partial charge is 0.322 e. The first-order valence-electron chi connectivity index (χ1n) is 12.2. The standard InChI is InChI=1S/C32H36N2O2/c1-31(2,3)25-16-10-23(11-17-25)14-20-29(35)33-27-8-7-9-28(22-27)34-30(36)21-15-24-12-18-26(19-13-24)32(4,5)6/h7-22H,1-6H3,(H,33,35)(H,34,36)/b20-14+,21-15+. The average Bonchev–Trinajstić information content (AvgIpc) is 2.81. The third-order valence-corrected chi connectivity index (χ3v) is 5.81. The van der Waals surface area contributed by atoms with Crippen molar-refractivity contribution in [1.29, 1.82) is 0 Å². The van der Waals surface area contributed by atoms with Gasteiger partial charge in [-0.2, -0.15) is 0 Å². The molecule has 0 fully saturated rings. The van der Waals surface area contributed by atoms with Crippen molar-refractivity contribution in [2.45, 2.75) is 52.4 Å². The van der Waals surface area contributed by atoms with Gasteiger partial charge in [-0.3, -0.25) is 9.59 Å². The lowest BCUT2D eigenvalue weighted by Gasteiger charge is -2.18. The zero-order valence-electron chi connectivity index (χ0n) is 22.1. The highest BCUT2D eigenvalue weighted by Crippen LogP contribution is 2.23. The van der Waals surface area contributed by atoms with Crippen LogP contribution in [-0.4, -0.2) is 11.8 Å². The van der Waals surface area contributed by atoms with Gasteiger partial charge in [0.25, 0.3) is 0 Å². The van der Waals surface area contributed by atoms with E-state index in [1.165, 1.54) is 23.3 Å². The Morgan fingerprint density at radius 1 is 0.583 bits per heavy atom. The fourth-order valence-electron chi connectivity index (χ4n) is 3.57. The number of hydrogen-bond donors (Lipinski definition) is 2. The van der Waals surface area contributed by atoms with Gasteiger partial charge in [-0.05, 0) is 63.4 Å². The van der Waals surface area contributed by atoms with Crippen molar-refractivity contribution < 1.29 is 9.59 Å². The second kappa shape index (κ2) is 11.2. The van der Waals surface area contributed by atoms with Crippen LogP contribution in [0, 0.1) is 0 Å². The zero-order chi connectivity index (χ0) is 26.3. The van der Waals surface area contributed by atoms with Gasteiger partial charge < -0.3 is 10.6 Å². The molecule has 4 heteroatoms. The molecule has 0 aliphatic heterocycles. The van der Waals surface area contributed by atoms with Crippen molar-refractivity contribution in [3.63, 3.8) is 0 Å². The summed E-state index contributed by atoms with van der Waals surface area (Å²) >= 11 is 0. The molecule has 0 aliphatic rings. The Labute approximate surface area is 215 Å². The molecular weight excluding hydrogens is 444 g/mol. The summed E-state index contributed by atoms with van der Waals surface area (Å²) in [6.45, 7) is 13.0. The van der Waals surface area contributed by atoms with Crippen molar-refractivity contribution >= 4 is 35.3 Å². The molecule has 0 saturated carbocycles. The van der Waals surface area contributed by atoms with E-state index in [-0.39, 0.29) is 22.6 Å². The van der Waals surface area contributed by atoms with Crippen molar-refractivity contribution in [1.82, 2.24) is 0 Å². The van der Waals surface area contributed by atoms with Crippen LogP contribution in [-0.2, 0) is 20.4 Å². The van der Waals surface area contributed by atoms with Gasteiger partial charge in [0.1, 0.15) is 0 Å². The average molecular weight is 481 g/mol. The monoisotopic (exact) mass is 480 g/mol. The molecule has 0 radical (unpaired) electrons. The Kier molecular flexibility index (Phi) is 8.31. The summed E-state index contributed by atoms with van der Waals surface area (Å²) in [4.78, 5) is 24.8. The number of rotatable bonds is 6. The molecule has 0 aromatic heterocycles. The molecule has 0 spiro atoms. The fourth-order valence-corrected chi connectivity index (χ4v) is 3.57. The predicted molar refractivity (Wildman–Crippen MR) is 152 cm³/mol. The van der Waals surface area contributed by atoms with Crippen LogP contribution >= 0.6 is 0 Å². The maximum atomic E-state index is 12.4. The highest BCUT2D eigenvalue weighted by molar-refractivity contribution is 6.04. The first-order chi connectivity index (χ1) is 16.9. The maximum absolute atomic E-state index is 12.4. The summed E-state index contributed by atoms with van der Waals surface area (Å²) < 4.78 is 0. The lowest BCUT2D eigenvalue weighted by atomic mass is 9.87. The summed E-state index contributed by atoms with van der Waals surface area (Å²) in [6, 6.07) is 23.4. The lowest BCUT2D eigenvalue weighted by Crippen LogP contribution is -2.11. The molecular formula is C32H36N2O2. The van der Waals surface area contributed by atoms with Crippen molar-refractivity contribution in [3.8, 4) is 0 Å². The number of nitrogens with one attached hydrogen (secondary N) is 2. The second-order valence-corrected chi connectivity index (χ2v) is 11.0. The third kappa shape index (κ3) is 8.09. The molecule has 0 bridgehead atoms. The third-order valence-electron chi connectivity index (χ3n) is 5.81. The number of hydrogen-bond acceptors (Lipinski definition) is 2. The molecule has 0 unspecified atom stereocenters. The summed E-state index contributed by atoms with van der Waals surface area (Å²) in [5, 5.41) is 5.68. The number of carbonyl (C=O) groups is 2. The minimum absolute atomic E-state index is 0.0908. The summed E-state index contributed by atoms with van der Waals surface area (Å²) in [5.41, 5.74) is 5.80. The Morgan fingerprint density at radius 2 is 0.944 bits per heavy atom. The van der Waals surface area contributed by atoms with Gasteiger partial charge in [-0.15, -0.1) is 0 Å². The molecule has 0 saturated heterocycles. The van der Waals surface area contributed by atoms with E-state index in [9.17, 15) is 9.59 Å². The predicted octanol–water partition coefficient (Wildman–Crippen LogP) is 7.59. The van der Waals surface area contributed by atoms with Crippen LogP contribution in [0.5, 0.6) is 0 Å². The minimum Gasteiger partial charge on any atom is -0.322 e. The zero-order valence-corrected chi connectivity index (χ0v) is 22.1. The smallest absolute Gasteiger partial charge is 0.248 e. The Morgan fingerprint density at radius 3 is 1.28 bits per heavy atom. The molecule has 2 amide bonds. The van der Waals surface area contributed by atoms with E-state index in [0.29, 0.717) is 11.4 Å². The van der Waals surface area contributed by atoms with Gasteiger partial charge in [0, 0.05) is 23.5 Å². The van der Waals surface area contributed by atoms with Gasteiger partial charge in [0.15, 0.2) is 0 Å². The van der Waals surface area contributed by atoms with Crippen LogP contribution in [0.2, 0.25) is 0 Å². The van der Waals surface area contributed by atoms with Crippen LogP contribution in [0.25, 0.3) is 12.2 Å². The van der Waals surface area contributed by atoms with E-state index in [2.05, 4.69) is 76.4 Å². The normalized spacial score (nSPS) is 12.2. The first kappa shape index (κ1) is 26.7. The Hall–Kier alpha value is -3.92. The van der Waals surface area contributed by atoms with Gasteiger partial charge in [-0.25, -0.2) is 0 Å². The van der Waals surface area contributed by atoms with Gasteiger partial charge in [0.2, 0.25) is 11.8 Å². The number of carbonyl (C=O) groups excluding carboxylic acids is 2. The molecule has 0 aliphatic carbocycles. The van der Waals surface area contributed by atoms with E-state index in [4.69, 9.17) is 0 Å². The molecule has 3 aromatic rings.